The molecule has 0 spiro atoms. The van der Waals surface area contributed by atoms with Crippen LogP contribution in [0.5, 0.6) is 5.75 Å². The molecule has 0 fully saturated rings. The minimum absolute atomic E-state index is 0.0732. The van der Waals surface area contributed by atoms with E-state index >= 15 is 0 Å². The van der Waals surface area contributed by atoms with Crippen LogP contribution in [0.3, 0.4) is 0 Å². The molecular weight excluding hydrogens is 242 g/mol. The summed E-state index contributed by atoms with van der Waals surface area (Å²) < 4.78 is 0. The standard InChI is InChI=1S/C6H6O.C5H5NO3S/c7-6-4-2-1-3-5-6;7-3-4-1-2-5(10-4)6(8)9/h1-5,7H;1-2,7H,3H2. The van der Waals surface area contributed by atoms with E-state index in [1.807, 2.05) is 6.07 Å². The van der Waals surface area contributed by atoms with Gasteiger partial charge in [-0.25, -0.2) is 0 Å². The minimum Gasteiger partial charge on any atom is -0.508 e. The molecule has 0 amide bonds. The molecule has 1 aromatic heterocycles. The third kappa shape index (κ3) is 4.62. The number of nitrogens with zero attached hydrogens (tertiary/aromatic N) is 1. The Morgan fingerprint density at radius 2 is 1.82 bits per heavy atom. The second-order valence-corrected chi connectivity index (χ2v) is 4.14. The largest absolute Gasteiger partial charge is 0.508 e. The molecule has 2 aromatic rings. The highest BCUT2D eigenvalue weighted by Gasteiger charge is 2.07. The zero-order valence-electron chi connectivity index (χ0n) is 8.81. The Hall–Kier alpha value is -1.92. The number of hydrogen-bond donors (Lipinski definition) is 2. The topological polar surface area (TPSA) is 83.6 Å². The van der Waals surface area contributed by atoms with Crippen molar-refractivity contribution in [2.45, 2.75) is 6.61 Å². The summed E-state index contributed by atoms with van der Waals surface area (Å²) in [4.78, 5) is 10.2. The van der Waals surface area contributed by atoms with E-state index in [-0.39, 0.29) is 11.6 Å². The number of rotatable bonds is 2. The van der Waals surface area contributed by atoms with Gasteiger partial charge in [0.15, 0.2) is 0 Å². The molecule has 6 heteroatoms. The quantitative estimate of drug-likeness (QED) is 0.636. The molecule has 17 heavy (non-hydrogen) atoms. The molecule has 0 saturated carbocycles. The van der Waals surface area contributed by atoms with Crippen molar-refractivity contribution < 1.29 is 15.1 Å². The van der Waals surface area contributed by atoms with E-state index in [0.29, 0.717) is 10.6 Å². The maximum Gasteiger partial charge on any atom is 0.324 e. The van der Waals surface area contributed by atoms with E-state index in [2.05, 4.69) is 0 Å². The number of aromatic hydroxyl groups is 1. The predicted octanol–water partition coefficient (Wildman–Crippen LogP) is 2.54. The number of benzene rings is 1. The Bertz CT molecular complexity index is 469. The van der Waals surface area contributed by atoms with E-state index in [1.54, 1.807) is 30.3 Å². The van der Waals surface area contributed by atoms with Crippen LogP contribution in [-0.4, -0.2) is 15.1 Å². The van der Waals surface area contributed by atoms with Gasteiger partial charge in [0.05, 0.1) is 11.5 Å². The van der Waals surface area contributed by atoms with Crippen molar-refractivity contribution in [3.05, 3.63) is 57.5 Å². The molecule has 0 aliphatic heterocycles. The Morgan fingerprint density at radius 3 is 2.12 bits per heavy atom. The number of aliphatic hydroxyl groups excluding tert-OH is 1. The number of nitro groups is 1. The summed E-state index contributed by atoms with van der Waals surface area (Å²) in [5.74, 6) is 0.322. The lowest BCUT2D eigenvalue weighted by molar-refractivity contribution is -0.380. The monoisotopic (exact) mass is 253 g/mol. The van der Waals surface area contributed by atoms with Crippen LogP contribution in [0.25, 0.3) is 0 Å². The van der Waals surface area contributed by atoms with Gasteiger partial charge >= 0.3 is 5.00 Å². The van der Waals surface area contributed by atoms with Crippen LogP contribution in [0.15, 0.2) is 42.5 Å². The van der Waals surface area contributed by atoms with Crippen molar-refractivity contribution in [2.24, 2.45) is 0 Å². The number of phenols is 1. The van der Waals surface area contributed by atoms with Crippen LogP contribution in [0.1, 0.15) is 4.88 Å². The summed E-state index contributed by atoms with van der Waals surface area (Å²) in [5.41, 5.74) is 0. The molecule has 1 aromatic carbocycles. The fourth-order valence-electron chi connectivity index (χ4n) is 0.978. The highest BCUT2D eigenvalue weighted by molar-refractivity contribution is 7.15. The smallest absolute Gasteiger partial charge is 0.324 e. The molecule has 0 atom stereocenters. The number of phenolic OH excluding ortho intramolecular Hbond substituents is 1. The van der Waals surface area contributed by atoms with Gasteiger partial charge in [0, 0.05) is 10.9 Å². The van der Waals surface area contributed by atoms with Gasteiger partial charge < -0.3 is 10.2 Å². The second-order valence-electron chi connectivity index (χ2n) is 2.99. The SMILES string of the molecule is O=[N+]([O-])c1ccc(CO)s1.Oc1ccccc1. The van der Waals surface area contributed by atoms with E-state index in [1.165, 1.54) is 6.07 Å². The fraction of sp³-hybridized carbons (Fsp3) is 0.0909. The zero-order chi connectivity index (χ0) is 12.7. The van der Waals surface area contributed by atoms with Crippen molar-refractivity contribution in [2.75, 3.05) is 0 Å². The van der Waals surface area contributed by atoms with Gasteiger partial charge in [-0.05, 0) is 18.2 Å². The number of hydrogen-bond acceptors (Lipinski definition) is 5. The highest BCUT2D eigenvalue weighted by Crippen LogP contribution is 2.23. The lowest BCUT2D eigenvalue weighted by Gasteiger charge is -1.82. The maximum atomic E-state index is 10.1. The average molecular weight is 253 g/mol. The zero-order valence-corrected chi connectivity index (χ0v) is 9.63. The number of aliphatic hydroxyl groups is 1. The van der Waals surface area contributed by atoms with Crippen molar-refractivity contribution in [1.82, 2.24) is 0 Å². The molecule has 0 saturated heterocycles. The first-order valence-corrected chi connectivity index (χ1v) is 5.53. The molecule has 0 unspecified atom stereocenters. The van der Waals surface area contributed by atoms with Crippen molar-refractivity contribution >= 4 is 16.3 Å². The van der Waals surface area contributed by atoms with Gasteiger partial charge in [0.25, 0.3) is 0 Å². The van der Waals surface area contributed by atoms with Crippen LogP contribution in [0.2, 0.25) is 0 Å². The Morgan fingerprint density at radius 1 is 1.18 bits per heavy atom. The molecule has 0 aliphatic rings. The van der Waals surface area contributed by atoms with Crippen LogP contribution in [0, 0.1) is 10.1 Å². The second kappa shape index (κ2) is 6.62. The summed E-state index contributed by atoms with van der Waals surface area (Å²) >= 11 is 0.992. The van der Waals surface area contributed by atoms with E-state index in [0.717, 1.165) is 11.3 Å². The van der Waals surface area contributed by atoms with Crippen molar-refractivity contribution in [1.29, 1.82) is 0 Å². The first kappa shape index (κ1) is 13.1. The third-order valence-electron chi connectivity index (χ3n) is 1.74. The number of thiophene rings is 1. The van der Waals surface area contributed by atoms with E-state index in [4.69, 9.17) is 10.2 Å². The van der Waals surface area contributed by atoms with Crippen LogP contribution in [-0.2, 0) is 6.61 Å². The Kier molecular flexibility index (Phi) is 5.12. The molecular formula is C11H11NO4S. The van der Waals surface area contributed by atoms with E-state index in [9.17, 15) is 10.1 Å². The van der Waals surface area contributed by atoms with Gasteiger partial charge in [-0.1, -0.05) is 29.5 Å². The minimum atomic E-state index is -0.468. The summed E-state index contributed by atoms with van der Waals surface area (Å²) in [6, 6.07) is 11.6. The molecule has 90 valence electrons. The van der Waals surface area contributed by atoms with Gasteiger partial charge in [-0.2, -0.15) is 0 Å². The Balaban J connectivity index is 0.000000181. The normalized spacial score (nSPS) is 9.24. The lowest BCUT2D eigenvalue weighted by atomic mass is 10.3. The van der Waals surface area contributed by atoms with Crippen LogP contribution in [0.4, 0.5) is 5.00 Å². The summed E-state index contributed by atoms with van der Waals surface area (Å²) in [5, 5.41) is 27.3. The molecule has 1 heterocycles. The molecule has 2 N–H and O–H groups in total. The summed E-state index contributed by atoms with van der Waals surface area (Å²) in [6.07, 6.45) is 0. The van der Waals surface area contributed by atoms with Crippen LogP contribution >= 0.6 is 11.3 Å². The predicted molar refractivity (Wildman–Crippen MR) is 65.0 cm³/mol. The number of para-hydroxylation sites is 1. The maximum absolute atomic E-state index is 10.1. The summed E-state index contributed by atoms with van der Waals surface area (Å²) in [6.45, 7) is -0.126. The first-order valence-electron chi connectivity index (χ1n) is 4.71. The Labute approximate surface area is 102 Å². The van der Waals surface area contributed by atoms with Gasteiger partial charge in [-0.3, -0.25) is 10.1 Å². The van der Waals surface area contributed by atoms with Crippen molar-refractivity contribution in [3.8, 4) is 5.75 Å². The van der Waals surface area contributed by atoms with Gasteiger partial charge in [0.2, 0.25) is 0 Å². The third-order valence-corrected chi connectivity index (χ3v) is 2.76. The average Bonchev–Trinajstić information content (AvgIpc) is 2.79. The van der Waals surface area contributed by atoms with Gasteiger partial charge in [0.1, 0.15) is 5.75 Å². The lowest BCUT2D eigenvalue weighted by Crippen LogP contribution is -1.80. The van der Waals surface area contributed by atoms with E-state index < -0.39 is 4.92 Å². The van der Waals surface area contributed by atoms with Crippen LogP contribution < -0.4 is 0 Å². The van der Waals surface area contributed by atoms with Crippen molar-refractivity contribution in [3.63, 3.8) is 0 Å². The molecule has 0 aliphatic carbocycles. The molecule has 5 nitrogen and oxygen atoms in total. The molecule has 0 radical (unpaired) electrons. The molecule has 0 bridgehead atoms. The van der Waals surface area contributed by atoms with Gasteiger partial charge in [-0.15, -0.1) is 0 Å². The fourth-order valence-corrected chi connectivity index (χ4v) is 1.66. The highest BCUT2D eigenvalue weighted by atomic mass is 32.1. The first-order chi connectivity index (χ1) is 8.13. The molecule has 2 rings (SSSR count). The summed E-state index contributed by atoms with van der Waals surface area (Å²) in [7, 11) is 0.